The number of carbonyl (C=O) groups is 1. The highest BCUT2D eigenvalue weighted by atomic mass is 16.5. The number of hydrogen-bond acceptors (Lipinski definition) is 4. The van der Waals surface area contributed by atoms with Crippen molar-refractivity contribution in [1.82, 2.24) is 14.5 Å². The molecule has 1 aliphatic rings. The first kappa shape index (κ1) is 17.5. The summed E-state index contributed by atoms with van der Waals surface area (Å²) in [5.74, 6) is 0.705. The molecule has 0 saturated carbocycles. The largest absolute Gasteiger partial charge is 0.618 e. The van der Waals surface area contributed by atoms with E-state index >= 15 is 0 Å². The van der Waals surface area contributed by atoms with Crippen LogP contribution in [0.3, 0.4) is 0 Å². The number of imidazole rings is 1. The number of pyridine rings is 1. The Kier molecular flexibility index (Phi) is 3.96. The average Bonchev–Trinajstić information content (AvgIpc) is 2.97. The Labute approximate surface area is 156 Å². The fourth-order valence-electron chi connectivity index (χ4n) is 3.74. The Bertz CT molecular complexity index is 1040. The summed E-state index contributed by atoms with van der Waals surface area (Å²) < 4.78 is 8.56. The predicted molar refractivity (Wildman–Crippen MR) is 99.4 cm³/mol. The number of fused-ring (bicyclic) bond motifs is 5. The van der Waals surface area contributed by atoms with Gasteiger partial charge in [0.15, 0.2) is 5.52 Å². The zero-order chi connectivity index (χ0) is 19.3. The van der Waals surface area contributed by atoms with Crippen LogP contribution in [0.1, 0.15) is 32.6 Å². The molecule has 0 bridgehead atoms. The van der Waals surface area contributed by atoms with Crippen molar-refractivity contribution < 1.29 is 19.4 Å². The quantitative estimate of drug-likeness (QED) is 0.553. The molecule has 1 amide bonds. The topological polar surface area (TPSA) is 94.5 Å². The van der Waals surface area contributed by atoms with Crippen molar-refractivity contribution in [1.29, 1.82) is 0 Å². The second kappa shape index (κ2) is 6.09. The molecule has 8 nitrogen and oxygen atoms in total. The highest BCUT2D eigenvalue weighted by molar-refractivity contribution is 6.00. The van der Waals surface area contributed by atoms with Gasteiger partial charge in [0, 0.05) is 18.2 Å². The van der Waals surface area contributed by atoms with Crippen LogP contribution in [0.2, 0.25) is 0 Å². The van der Waals surface area contributed by atoms with Gasteiger partial charge < -0.3 is 24.5 Å². The number of amides is 1. The number of para-hydroxylation sites is 1. The maximum Gasteiger partial charge on any atom is 0.407 e. The molecule has 0 radical (unpaired) electrons. The van der Waals surface area contributed by atoms with Gasteiger partial charge in [0.05, 0.1) is 23.6 Å². The summed E-state index contributed by atoms with van der Waals surface area (Å²) in [6, 6.07) is 7.15. The van der Waals surface area contributed by atoms with Gasteiger partial charge in [-0.2, -0.15) is 4.73 Å². The number of hydrogen-bond donors (Lipinski definition) is 1. The molecule has 1 aromatic carbocycles. The molecule has 1 aliphatic heterocycles. The summed E-state index contributed by atoms with van der Waals surface area (Å²) in [5.41, 5.74) is 1.45. The monoisotopic (exact) mass is 370 g/mol. The summed E-state index contributed by atoms with van der Waals surface area (Å²) in [7, 11) is 0. The summed E-state index contributed by atoms with van der Waals surface area (Å²) in [5, 5.41) is 22.8. The van der Waals surface area contributed by atoms with Crippen LogP contribution in [0.5, 0.6) is 0 Å². The molecule has 142 valence electrons. The van der Waals surface area contributed by atoms with E-state index in [-0.39, 0.29) is 12.6 Å². The third-order valence-electron chi connectivity index (χ3n) is 4.99. The van der Waals surface area contributed by atoms with Gasteiger partial charge in [0.1, 0.15) is 12.4 Å². The van der Waals surface area contributed by atoms with Crippen molar-refractivity contribution in [2.24, 2.45) is 0 Å². The Morgan fingerprint density at radius 2 is 2.19 bits per heavy atom. The third kappa shape index (κ3) is 2.86. The fraction of sp³-hybridized carbons (Fsp3) is 0.421. The number of nitrogens with zero attached hydrogens (tertiary/aromatic N) is 4. The summed E-state index contributed by atoms with van der Waals surface area (Å²) in [6.45, 7) is 6.60. The maximum atomic E-state index is 12.3. The van der Waals surface area contributed by atoms with Crippen LogP contribution in [-0.4, -0.2) is 44.3 Å². The summed E-state index contributed by atoms with van der Waals surface area (Å²) in [6.07, 6.45) is 0.500. The number of rotatable bonds is 2. The van der Waals surface area contributed by atoms with Gasteiger partial charge in [-0.3, -0.25) is 0 Å². The van der Waals surface area contributed by atoms with E-state index in [4.69, 9.17) is 4.74 Å². The van der Waals surface area contributed by atoms with Gasteiger partial charge in [-0.15, -0.1) is 0 Å². The number of carboxylic acid groups (broad SMARTS) is 1. The summed E-state index contributed by atoms with van der Waals surface area (Å²) in [4.78, 5) is 17.8. The molecular weight excluding hydrogens is 348 g/mol. The first-order valence-corrected chi connectivity index (χ1v) is 8.87. The van der Waals surface area contributed by atoms with E-state index < -0.39 is 11.6 Å². The molecule has 8 heteroatoms. The van der Waals surface area contributed by atoms with Crippen LogP contribution in [-0.2, 0) is 11.3 Å². The highest BCUT2D eigenvalue weighted by Gasteiger charge is 2.33. The zero-order valence-corrected chi connectivity index (χ0v) is 15.5. The maximum absolute atomic E-state index is 12.3. The molecule has 4 rings (SSSR count). The zero-order valence-electron chi connectivity index (χ0n) is 15.5. The predicted octanol–water partition coefficient (Wildman–Crippen LogP) is 2.67. The van der Waals surface area contributed by atoms with Gasteiger partial charge in [0.2, 0.25) is 11.7 Å². The highest BCUT2D eigenvalue weighted by Crippen LogP contribution is 2.31. The van der Waals surface area contributed by atoms with Crippen LogP contribution in [0.15, 0.2) is 30.5 Å². The van der Waals surface area contributed by atoms with Crippen LogP contribution < -0.4 is 4.73 Å². The van der Waals surface area contributed by atoms with Crippen molar-refractivity contribution in [3.8, 4) is 0 Å². The Morgan fingerprint density at radius 3 is 2.89 bits per heavy atom. The van der Waals surface area contributed by atoms with Crippen LogP contribution >= 0.6 is 0 Å². The third-order valence-corrected chi connectivity index (χ3v) is 4.99. The van der Waals surface area contributed by atoms with E-state index in [2.05, 4.69) is 4.98 Å². The Balaban J connectivity index is 1.90. The molecule has 3 aromatic rings. The van der Waals surface area contributed by atoms with Crippen molar-refractivity contribution in [2.75, 3.05) is 13.2 Å². The SMILES string of the molecule is CC(C)(C)N(C[C@H]1COCc2nc3c[n+]([O-])c4ccccc4c3n21)C(=O)O. The molecule has 1 N–H and O–H groups in total. The first-order valence-electron chi connectivity index (χ1n) is 8.87. The lowest BCUT2D eigenvalue weighted by atomic mass is 10.1. The van der Waals surface area contributed by atoms with Crippen molar-refractivity contribution >= 4 is 28.0 Å². The lowest BCUT2D eigenvalue weighted by molar-refractivity contribution is -0.575. The standard InChI is InChI=1S/C19H22N4O4/c1-19(2,3)21(18(24)25)8-12-10-27-11-16-20-14-9-22(26)15-7-5-4-6-13(15)17(14)23(12)16/h4-7,9,12H,8,10-11H2,1-3H3,(H,24,25)/t12-/m0/s1. The van der Waals surface area contributed by atoms with E-state index in [1.807, 2.05) is 43.5 Å². The lowest BCUT2D eigenvalue weighted by Gasteiger charge is -2.37. The Hall–Kier alpha value is -2.87. The van der Waals surface area contributed by atoms with Crippen LogP contribution in [0.25, 0.3) is 21.9 Å². The molecule has 0 aliphatic carbocycles. The van der Waals surface area contributed by atoms with Gasteiger partial charge in [0.25, 0.3) is 0 Å². The minimum atomic E-state index is -0.971. The molecular formula is C19H22N4O4. The van der Waals surface area contributed by atoms with Gasteiger partial charge in [-0.25, -0.2) is 9.78 Å². The normalized spacial score (nSPS) is 17.2. The molecule has 27 heavy (non-hydrogen) atoms. The molecule has 0 spiro atoms. The number of ether oxygens (including phenoxy) is 1. The van der Waals surface area contributed by atoms with Gasteiger partial charge in [-0.1, -0.05) is 12.1 Å². The molecule has 3 heterocycles. The number of aromatic nitrogens is 3. The molecule has 0 fully saturated rings. The van der Waals surface area contributed by atoms with E-state index in [0.717, 1.165) is 15.6 Å². The van der Waals surface area contributed by atoms with Gasteiger partial charge in [-0.05, 0) is 26.8 Å². The second-order valence-electron chi connectivity index (χ2n) is 7.84. The minimum Gasteiger partial charge on any atom is -0.618 e. The second-order valence-corrected chi connectivity index (χ2v) is 7.84. The molecule has 0 unspecified atom stereocenters. The Morgan fingerprint density at radius 1 is 1.44 bits per heavy atom. The van der Waals surface area contributed by atoms with E-state index in [9.17, 15) is 15.1 Å². The van der Waals surface area contributed by atoms with Crippen LogP contribution in [0.4, 0.5) is 4.79 Å². The van der Waals surface area contributed by atoms with Gasteiger partial charge >= 0.3 is 6.09 Å². The molecule has 2 aromatic heterocycles. The van der Waals surface area contributed by atoms with Crippen molar-refractivity contribution in [2.45, 2.75) is 39.0 Å². The summed E-state index contributed by atoms with van der Waals surface area (Å²) >= 11 is 0. The molecule has 1 atom stereocenters. The van der Waals surface area contributed by atoms with E-state index in [1.54, 1.807) is 6.07 Å². The number of benzene rings is 1. The van der Waals surface area contributed by atoms with E-state index in [0.29, 0.717) is 30.1 Å². The van der Waals surface area contributed by atoms with Crippen LogP contribution in [0, 0.1) is 5.21 Å². The smallest absolute Gasteiger partial charge is 0.407 e. The lowest BCUT2D eigenvalue weighted by Crippen LogP contribution is -2.48. The van der Waals surface area contributed by atoms with Crippen molar-refractivity contribution in [3.05, 3.63) is 41.5 Å². The van der Waals surface area contributed by atoms with E-state index in [1.165, 1.54) is 11.1 Å². The fourth-order valence-corrected chi connectivity index (χ4v) is 3.74. The minimum absolute atomic E-state index is 0.222. The molecule has 0 saturated heterocycles. The average molecular weight is 370 g/mol. The van der Waals surface area contributed by atoms with Crippen molar-refractivity contribution in [3.63, 3.8) is 0 Å². The first-order chi connectivity index (χ1) is 12.8.